The van der Waals surface area contributed by atoms with Gasteiger partial charge in [-0.25, -0.2) is 9.59 Å². The standard InChI is InChI=1S/C11H20N2O4/c1-11(5-3-4-6-11)13-10(16)12-7-8(17-2)9(14)15/h8H,3-7H2,1-2H3,(H,14,15)(H2,12,13,16). The summed E-state index contributed by atoms with van der Waals surface area (Å²) in [6, 6.07) is -0.335. The zero-order valence-electron chi connectivity index (χ0n) is 10.3. The van der Waals surface area contributed by atoms with E-state index in [0.717, 1.165) is 25.7 Å². The third-order valence-corrected chi connectivity index (χ3v) is 3.13. The minimum atomic E-state index is -1.08. The van der Waals surface area contributed by atoms with E-state index in [1.807, 2.05) is 6.92 Å². The highest BCUT2D eigenvalue weighted by Crippen LogP contribution is 2.28. The number of hydrogen-bond donors (Lipinski definition) is 3. The third-order valence-electron chi connectivity index (χ3n) is 3.13. The average molecular weight is 244 g/mol. The minimum absolute atomic E-state index is 0.0340. The molecule has 17 heavy (non-hydrogen) atoms. The number of nitrogens with one attached hydrogen (secondary N) is 2. The van der Waals surface area contributed by atoms with Crippen LogP contribution in [0.3, 0.4) is 0 Å². The van der Waals surface area contributed by atoms with Crippen LogP contribution in [0.1, 0.15) is 32.6 Å². The van der Waals surface area contributed by atoms with Crippen LogP contribution in [0.2, 0.25) is 0 Å². The number of carboxylic acids is 1. The number of rotatable bonds is 5. The van der Waals surface area contributed by atoms with Gasteiger partial charge in [0.05, 0.1) is 6.54 Å². The molecule has 0 radical (unpaired) electrons. The van der Waals surface area contributed by atoms with Crippen molar-refractivity contribution >= 4 is 12.0 Å². The van der Waals surface area contributed by atoms with Crippen molar-refractivity contribution in [1.29, 1.82) is 0 Å². The van der Waals surface area contributed by atoms with E-state index in [-0.39, 0.29) is 18.1 Å². The smallest absolute Gasteiger partial charge is 0.334 e. The Kier molecular flexibility index (Phi) is 4.74. The summed E-state index contributed by atoms with van der Waals surface area (Å²) in [4.78, 5) is 22.2. The number of carboxylic acid groups (broad SMARTS) is 1. The Balaban J connectivity index is 2.32. The molecule has 0 aromatic heterocycles. The van der Waals surface area contributed by atoms with Crippen molar-refractivity contribution < 1.29 is 19.4 Å². The molecule has 1 unspecified atom stereocenters. The van der Waals surface area contributed by atoms with Gasteiger partial charge in [0.2, 0.25) is 0 Å². The topological polar surface area (TPSA) is 87.7 Å². The summed E-state index contributed by atoms with van der Waals surface area (Å²) in [6.07, 6.45) is 3.16. The predicted molar refractivity (Wildman–Crippen MR) is 61.8 cm³/mol. The zero-order chi connectivity index (χ0) is 12.9. The van der Waals surface area contributed by atoms with E-state index in [1.54, 1.807) is 0 Å². The van der Waals surface area contributed by atoms with Crippen LogP contribution in [-0.2, 0) is 9.53 Å². The normalized spacial score (nSPS) is 19.6. The van der Waals surface area contributed by atoms with Crippen LogP contribution in [-0.4, -0.2) is 42.4 Å². The van der Waals surface area contributed by atoms with E-state index in [9.17, 15) is 9.59 Å². The molecule has 0 spiro atoms. The molecule has 6 heteroatoms. The van der Waals surface area contributed by atoms with Gasteiger partial charge in [-0.05, 0) is 19.8 Å². The number of aliphatic carboxylic acids is 1. The fourth-order valence-corrected chi connectivity index (χ4v) is 2.06. The molecule has 3 N–H and O–H groups in total. The number of ether oxygens (including phenoxy) is 1. The summed E-state index contributed by atoms with van der Waals surface area (Å²) in [5.74, 6) is -1.08. The molecule has 1 fully saturated rings. The Morgan fingerprint density at radius 3 is 2.47 bits per heavy atom. The van der Waals surface area contributed by atoms with Crippen molar-refractivity contribution in [1.82, 2.24) is 10.6 Å². The van der Waals surface area contributed by atoms with E-state index in [4.69, 9.17) is 9.84 Å². The molecule has 1 aliphatic carbocycles. The van der Waals surface area contributed by atoms with E-state index in [0.29, 0.717) is 0 Å². The number of carbonyl (C=O) groups excluding carboxylic acids is 1. The largest absolute Gasteiger partial charge is 0.479 e. The Labute approximate surface area is 101 Å². The summed E-state index contributed by atoms with van der Waals surface area (Å²) in [5.41, 5.74) is -0.157. The van der Waals surface area contributed by atoms with Crippen LogP contribution < -0.4 is 10.6 Å². The minimum Gasteiger partial charge on any atom is -0.479 e. The molecule has 0 heterocycles. The van der Waals surface area contributed by atoms with Crippen LogP contribution in [0.4, 0.5) is 4.79 Å². The lowest BCUT2D eigenvalue weighted by molar-refractivity contribution is -0.147. The molecule has 0 aliphatic heterocycles. The van der Waals surface area contributed by atoms with E-state index >= 15 is 0 Å². The summed E-state index contributed by atoms with van der Waals surface area (Å²) < 4.78 is 4.72. The maximum atomic E-state index is 11.6. The Hall–Kier alpha value is -1.30. The lowest BCUT2D eigenvalue weighted by Gasteiger charge is -2.25. The number of hydrogen-bond acceptors (Lipinski definition) is 3. The average Bonchev–Trinajstić information content (AvgIpc) is 2.65. The molecule has 1 aliphatic rings. The summed E-state index contributed by atoms with van der Waals surface area (Å²) in [6.45, 7) is 1.97. The molecule has 0 aromatic rings. The molecule has 1 saturated carbocycles. The van der Waals surface area contributed by atoms with Gasteiger partial charge in [-0.2, -0.15) is 0 Å². The van der Waals surface area contributed by atoms with Crippen molar-refractivity contribution in [3.05, 3.63) is 0 Å². The van der Waals surface area contributed by atoms with Crippen molar-refractivity contribution in [3.8, 4) is 0 Å². The second-order valence-electron chi connectivity index (χ2n) is 4.67. The Bertz CT molecular complexity index is 287. The van der Waals surface area contributed by atoms with Gasteiger partial charge in [0.15, 0.2) is 6.10 Å². The van der Waals surface area contributed by atoms with E-state index in [2.05, 4.69) is 10.6 Å². The van der Waals surface area contributed by atoms with E-state index < -0.39 is 12.1 Å². The monoisotopic (exact) mass is 244 g/mol. The van der Waals surface area contributed by atoms with Crippen LogP contribution in [0, 0.1) is 0 Å². The lowest BCUT2D eigenvalue weighted by Crippen LogP contribution is -2.50. The molecule has 1 atom stereocenters. The number of urea groups is 1. The summed E-state index contributed by atoms with van der Waals surface area (Å²) in [5, 5.41) is 14.1. The molecular weight excluding hydrogens is 224 g/mol. The number of methoxy groups -OCH3 is 1. The predicted octanol–water partition coefficient (Wildman–Crippen LogP) is 0.718. The van der Waals surface area contributed by atoms with E-state index in [1.165, 1.54) is 7.11 Å². The Morgan fingerprint density at radius 1 is 1.41 bits per heavy atom. The highest BCUT2D eigenvalue weighted by Gasteiger charge is 2.30. The van der Waals surface area contributed by atoms with Gasteiger partial charge >= 0.3 is 12.0 Å². The van der Waals surface area contributed by atoms with Crippen molar-refractivity contribution in [3.63, 3.8) is 0 Å². The van der Waals surface area contributed by atoms with Crippen molar-refractivity contribution in [2.45, 2.75) is 44.2 Å². The first kappa shape index (κ1) is 13.8. The molecule has 0 saturated heterocycles. The molecule has 0 aromatic carbocycles. The van der Waals surface area contributed by atoms with Crippen molar-refractivity contribution in [2.24, 2.45) is 0 Å². The molecule has 6 nitrogen and oxygen atoms in total. The quantitative estimate of drug-likeness (QED) is 0.665. The maximum absolute atomic E-state index is 11.6. The maximum Gasteiger partial charge on any atom is 0.334 e. The summed E-state index contributed by atoms with van der Waals surface area (Å²) in [7, 11) is 1.30. The molecule has 2 amide bonds. The summed E-state index contributed by atoms with van der Waals surface area (Å²) >= 11 is 0. The number of amides is 2. The van der Waals surface area contributed by atoms with Crippen LogP contribution in [0.5, 0.6) is 0 Å². The molecule has 0 bridgehead atoms. The van der Waals surface area contributed by atoms with Crippen LogP contribution in [0.25, 0.3) is 0 Å². The highest BCUT2D eigenvalue weighted by molar-refractivity contribution is 5.77. The lowest BCUT2D eigenvalue weighted by atomic mass is 10.0. The second-order valence-corrected chi connectivity index (χ2v) is 4.67. The fourth-order valence-electron chi connectivity index (χ4n) is 2.06. The SMILES string of the molecule is COC(CNC(=O)NC1(C)CCCC1)C(=O)O. The van der Waals surface area contributed by atoms with Crippen LogP contribution >= 0.6 is 0 Å². The van der Waals surface area contributed by atoms with Gasteiger partial charge < -0.3 is 20.5 Å². The zero-order valence-corrected chi connectivity index (χ0v) is 10.3. The highest BCUT2D eigenvalue weighted by atomic mass is 16.5. The van der Waals surface area contributed by atoms with Crippen molar-refractivity contribution in [2.75, 3.05) is 13.7 Å². The fraction of sp³-hybridized carbons (Fsp3) is 0.818. The van der Waals surface area contributed by atoms with Gasteiger partial charge in [0.1, 0.15) is 0 Å². The van der Waals surface area contributed by atoms with Gasteiger partial charge in [0, 0.05) is 12.6 Å². The first-order valence-electron chi connectivity index (χ1n) is 5.78. The molecule has 1 rings (SSSR count). The second kappa shape index (κ2) is 5.86. The Morgan fingerprint density at radius 2 is 2.00 bits per heavy atom. The first-order chi connectivity index (χ1) is 7.97. The van der Waals surface area contributed by atoms with Crippen LogP contribution in [0.15, 0.2) is 0 Å². The molecular formula is C11H20N2O4. The van der Waals surface area contributed by atoms with Gasteiger partial charge in [-0.3, -0.25) is 0 Å². The molecule has 98 valence electrons. The first-order valence-corrected chi connectivity index (χ1v) is 5.78. The van der Waals surface area contributed by atoms with Gasteiger partial charge in [-0.1, -0.05) is 12.8 Å². The van der Waals surface area contributed by atoms with Gasteiger partial charge in [-0.15, -0.1) is 0 Å². The van der Waals surface area contributed by atoms with Gasteiger partial charge in [0.25, 0.3) is 0 Å². The third kappa shape index (κ3) is 4.22. The number of carbonyl (C=O) groups is 2.